The number of hydrogen-bond donors (Lipinski definition) is 2. The highest BCUT2D eigenvalue weighted by Crippen LogP contribution is 2.32. The van der Waals surface area contributed by atoms with Crippen molar-refractivity contribution in [1.29, 1.82) is 0 Å². The number of carboxylic acid groups (broad SMARTS) is 1. The van der Waals surface area contributed by atoms with Gasteiger partial charge >= 0.3 is 5.97 Å². The Balaban J connectivity index is 1.40. The van der Waals surface area contributed by atoms with Crippen LogP contribution in [-0.2, 0) is 22.5 Å². The minimum Gasteiger partial charge on any atom is -0.497 e. The standard InChI is InChI=1S/C28H34N2O5/c1-34-25-4-2-3-22(16-25)26-10-9-24(15-23(26)12-14-31)27-11-13-30(29-27)17-20-5-7-21(8-6-20)18-35-19-28(32)33/h2-4,9-11,13,15-16,20-21,31H,5-8,12,14,17-19H2,1H3,(H,32,33). The van der Waals surface area contributed by atoms with E-state index in [0.717, 1.165) is 65.9 Å². The van der Waals surface area contributed by atoms with Gasteiger partial charge < -0.3 is 19.7 Å². The zero-order valence-electron chi connectivity index (χ0n) is 20.2. The lowest BCUT2D eigenvalue weighted by Gasteiger charge is -2.28. The van der Waals surface area contributed by atoms with Gasteiger partial charge in [-0.1, -0.05) is 24.3 Å². The van der Waals surface area contributed by atoms with Gasteiger partial charge in [-0.2, -0.15) is 5.10 Å². The number of aromatic nitrogens is 2. The second-order valence-electron chi connectivity index (χ2n) is 9.30. The molecular weight excluding hydrogens is 444 g/mol. The van der Waals surface area contributed by atoms with E-state index in [0.29, 0.717) is 24.9 Å². The van der Waals surface area contributed by atoms with E-state index >= 15 is 0 Å². The first-order chi connectivity index (χ1) is 17.1. The van der Waals surface area contributed by atoms with Crippen molar-refractivity contribution in [2.24, 2.45) is 11.8 Å². The van der Waals surface area contributed by atoms with Gasteiger partial charge in [0, 0.05) is 24.9 Å². The first-order valence-corrected chi connectivity index (χ1v) is 12.3. The topological polar surface area (TPSA) is 93.8 Å². The summed E-state index contributed by atoms with van der Waals surface area (Å²) in [4.78, 5) is 10.6. The van der Waals surface area contributed by atoms with E-state index in [9.17, 15) is 9.90 Å². The highest BCUT2D eigenvalue weighted by molar-refractivity contribution is 5.73. The molecule has 7 heteroatoms. The van der Waals surface area contributed by atoms with Crippen molar-refractivity contribution < 1.29 is 24.5 Å². The van der Waals surface area contributed by atoms with Crippen LogP contribution < -0.4 is 4.74 Å². The number of benzene rings is 2. The molecule has 1 aliphatic carbocycles. The molecule has 0 amide bonds. The summed E-state index contributed by atoms with van der Waals surface area (Å²) >= 11 is 0. The molecule has 4 rings (SSSR count). The molecule has 2 N–H and O–H groups in total. The Morgan fingerprint density at radius 2 is 1.86 bits per heavy atom. The van der Waals surface area contributed by atoms with E-state index in [1.54, 1.807) is 7.11 Å². The van der Waals surface area contributed by atoms with Crippen molar-refractivity contribution in [2.75, 3.05) is 26.9 Å². The van der Waals surface area contributed by atoms with Crippen LogP contribution >= 0.6 is 0 Å². The van der Waals surface area contributed by atoms with Gasteiger partial charge in [0.25, 0.3) is 0 Å². The molecule has 1 aromatic heterocycles. The average Bonchev–Trinajstić information content (AvgIpc) is 3.33. The van der Waals surface area contributed by atoms with Crippen LogP contribution in [0.15, 0.2) is 54.7 Å². The lowest BCUT2D eigenvalue weighted by Crippen LogP contribution is -2.23. The van der Waals surface area contributed by atoms with Crippen LogP contribution in [0.1, 0.15) is 31.2 Å². The molecule has 1 aliphatic rings. The van der Waals surface area contributed by atoms with Crippen LogP contribution in [0.3, 0.4) is 0 Å². The molecule has 2 aromatic carbocycles. The summed E-state index contributed by atoms with van der Waals surface area (Å²) in [7, 11) is 1.66. The fourth-order valence-electron chi connectivity index (χ4n) is 4.93. The number of carboxylic acids is 1. The Hall–Kier alpha value is -3.16. The lowest BCUT2D eigenvalue weighted by atomic mass is 9.82. The van der Waals surface area contributed by atoms with Crippen molar-refractivity contribution in [3.63, 3.8) is 0 Å². The van der Waals surface area contributed by atoms with E-state index in [1.807, 2.05) is 29.1 Å². The van der Waals surface area contributed by atoms with Crippen molar-refractivity contribution in [3.8, 4) is 28.1 Å². The predicted octanol–water partition coefficient (Wildman–Crippen LogP) is 4.67. The number of rotatable bonds is 11. The molecule has 1 saturated carbocycles. The SMILES string of the molecule is COc1cccc(-c2ccc(-c3ccn(CC4CCC(COCC(=O)O)CC4)n3)cc2CCO)c1. The van der Waals surface area contributed by atoms with Crippen LogP contribution in [0, 0.1) is 11.8 Å². The molecule has 0 saturated heterocycles. The molecule has 0 spiro atoms. The number of ether oxygens (including phenoxy) is 2. The maximum absolute atomic E-state index is 10.6. The van der Waals surface area contributed by atoms with Gasteiger partial charge in [-0.05, 0) is 84.9 Å². The van der Waals surface area contributed by atoms with Crippen molar-refractivity contribution >= 4 is 5.97 Å². The third-order valence-electron chi connectivity index (χ3n) is 6.79. The Kier molecular flexibility index (Phi) is 8.55. The third kappa shape index (κ3) is 6.71. The summed E-state index contributed by atoms with van der Waals surface area (Å²) in [5.41, 5.74) is 5.20. The Labute approximate surface area is 206 Å². The number of methoxy groups -OCH3 is 1. The van der Waals surface area contributed by atoms with Gasteiger partial charge in [0.05, 0.1) is 19.4 Å². The molecule has 0 unspecified atom stereocenters. The van der Waals surface area contributed by atoms with Crippen molar-refractivity contribution in [1.82, 2.24) is 9.78 Å². The van der Waals surface area contributed by atoms with Crippen molar-refractivity contribution in [3.05, 3.63) is 60.3 Å². The van der Waals surface area contributed by atoms with Crippen LogP contribution in [0.25, 0.3) is 22.4 Å². The summed E-state index contributed by atoms with van der Waals surface area (Å²) in [5, 5.41) is 23.2. The average molecular weight is 479 g/mol. The van der Waals surface area contributed by atoms with Gasteiger partial charge in [-0.25, -0.2) is 4.79 Å². The second-order valence-corrected chi connectivity index (χ2v) is 9.30. The third-order valence-corrected chi connectivity index (χ3v) is 6.79. The molecular formula is C28H34N2O5. The summed E-state index contributed by atoms with van der Waals surface area (Å²) in [6.07, 6.45) is 6.95. The first kappa shape index (κ1) is 24.9. The van der Waals surface area contributed by atoms with Gasteiger partial charge in [0.1, 0.15) is 12.4 Å². The number of nitrogens with zero attached hydrogens (tertiary/aromatic N) is 2. The van der Waals surface area contributed by atoms with Crippen LogP contribution in [0.5, 0.6) is 5.75 Å². The maximum atomic E-state index is 10.6. The van der Waals surface area contributed by atoms with Crippen LogP contribution in [0.2, 0.25) is 0 Å². The molecule has 7 nitrogen and oxygen atoms in total. The molecule has 0 bridgehead atoms. The van der Waals surface area contributed by atoms with Gasteiger partial charge in [0.15, 0.2) is 0 Å². The monoisotopic (exact) mass is 478 g/mol. The Morgan fingerprint density at radius 3 is 2.60 bits per heavy atom. The smallest absolute Gasteiger partial charge is 0.329 e. The van der Waals surface area contributed by atoms with Gasteiger partial charge in [0.2, 0.25) is 0 Å². The molecule has 0 radical (unpaired) electrons. The molecule has 0 atom stereocenters. The van der Waals surface area contributed by atoms with E-state index < -0.39 is 5.97 Å². The summed E-state index contributed by atoms with van der Waals surface area (Å²) in [6, 6.07) is 16.3. The second kappa shape index (κ2) is 12.0. The van der Waals surface area contributed by atoms with E-state index in [2.05, 4.69) is 30.3 Å². The first-order valence-electron chi connectivity index (χ1n) is 12.3. The van der Waals surface area contributed by atoms with E-state index in [4.69, 9.17) is 19.7 Å². The summed E-state index contributed by atoms with van der Waals surface area (Å²) in [5.74, 6) is 0.916. The minimum atomic E-state index is -0.911. The fourth-order valence-corrected chi connectivity index (χ4v) is 4.93. The lowest BCUT2D eigenvalue weighted by molar-refractivity contribution is -0.142. The van der Waals surface area contributed by atoms with Crippen LogP contribution in [0.4, 0.5) is 0 Å². The molecule has 35 heavy (non-hydrogen) atoms. The van der Waals surface area contributed by atoms with E-state index in [1.165, 1.54) is 0 Å². The highest BCUT2D eigenvalue weighted by Gasteiger charge is 2.22. The highest BCUT2D eigenvalue weighted by atomic mass is 16.5. The van der Waals surface area contributed by atoms with Gasteiger partial charge in [-0.3, -0.25) is 4.68 Å². The summed E-state index contributed by atoms with van der Waals surface area (Å²) in [6.45, 7) is 1.29. The minimum absolute atomic E-state index is 0.0822. The van der Waals surface area contributed by atoms with Gasteiger partial charge in [-0.15, -0.1) is 0 Å². The normalized spacial score (nSPS) is 17.9. The molecule has 186 valence electrons. The Morgan fingerprint density at radius 1 is 1.06 bits per heavy atom. The number of carbonyl (C=O) groups is 1. The number of aliphatic hydroxyl groups excluding tert-OH is 1. The molecule has 3 aromatic rings. The number of aliphatic carboxylic acids is 1. The van der Waals surface area contributed by atoms with E-state index in [-0.39, 0.29) is 13.2 Å². The zero-order chi connectivity index (χ0) is 24.6. The number of aliphatic hydroxyl groups is 1. The zero-order valence-corrected chi connectivity index (χ0v) is 20.2. The molecule has 0 aliphatic heterocycles. The van der Waals surface area contributed by atoms with Crippen LogP contribution in [-0.4, -0.2) is 52.9 Å². The molecule has 1 heterocycles. The fraction of sp³-hybridized carbons (Fsp3) is 0.429. The largest absolute Gasteiger partial charge is 0.497 e. The maximum Gasteiger partial charge on any atom is 0.329 e. The predicted molar refractivity (Wildman–Crippen MR) is 134 cm³/mol. The Bertz CT molecular complexity index is 1120. The summed E-state index contributed by atoms with van der Waals surface area (Å²) < 4.78 is 12.7. The quantitative estimate of drug-likeness (QED) is 0.416. The molecule has 1 fully saturated rings. The number of hydrogen-bond acceptors (Lipinski definition) is 5. The van der Waals surface area contributed by atoms with Crippen molar-refractivity contribution in [2.45, 2.75) is 38.6 Å².